The Balaban J connectivity index is 2.15. The minimum atomic E-state index is -3.06. The Morgan fingerprint density at radius 3 is 3.00 bits per heavy atom. The van der Waals surface area contributed by atoms with E-state index in [1.165, 1.54) is 6.26 Å². The first-order valence-electron chi connectivity index (χ1n) is 5.69. The number of nitrogens with two attached hydrogens (primary N) is 1. The summed E-state index contributed by atoms with van der Waals surface area (Å²) in [6, 6.07) is 5.44. The van der Waals surface area contributed by atoms with E-state index in [0.717, 1.165) is 18.0 Å². The number of sulfone groups is 1. The highest BCUT2D eigenvalue weighted by Gasteiger charge is 2.30. The maximum atomic E-state index is 11.8. The van der Waals surface area contributed by atoms with Gasteiger partial charge in [0.1, 0.15) is 11.2 Å². The summed E-state index contributed by atoms with van der Waals surface area (Å²) >= 11 is 1.68. The highest BCUT2D eigenvalue weighted by Crippen LogP contribution is 2.22. The summed E-state index contributed by atoms with van der Waals surface area (Å²) in [4.78, 5) is 6.18. The van der Waals surface area contributed by atoms with Gasteiger partial charge in [0, 0.05) is 30.9 Å². The summed E-state index contributed by atoms with van der Waals surface area (Å²) in [5, 5.41) is -0.417. The van der Waals surface area contributed by atoms with Crippen LogP contribution in [0.3, 0.4) is 0 Å². The Kier molecular flexibility index (Phi) is 4.14. The van der Waals surface area contributed by atoms with Crippen LogP contribution in [0.4, 0.5) is 5.82 Å². The number of hydrogen-bond donors (Lipinski definition) is 1. The van der Waals surface area contributed by atoms with Crippen LogP contribution in [0.5, 0.6) is 0 Å². The molecule has 5 nitrogen and oxygen atoms in total. The Morgan fingerprint density at radius 2 is 2.33 bits per heavy atom. The van der Waals surface area contributed by atoms with Gasteiger partial charge in [0.05, 0.1) is 5.69 Å². The Morgan fingerprint density at radius 1 is 1.56 bits per heavy atom. The zero-order valence-electron chi connectivity index (χ0n) is 10.2. The minimum absolute atomic E-state index is 0.417. The molecule has 100 valence electrons. The van der Waals surface area contributed by atoms with Crippen LogP contribution in [0.25, 0.3) is 0 Å². The van der Waals surface area contributed by atoms with Crippen LogP contribution in [0, 0.1) is 0 Å². The fraction of sp³-hybridized carbons (Fsp3) is 0.545. The van der Waals surface area contributed by atoms with Crippen LogP contribution in [-0.4, -0.2) is 48.0 Å². The predicted molar refractivity (Wildman–Crippen MR) is 75.0 cm³/mol. The Bertz CT molecular complexity index is 519. The molecule has 1 aromatic rings. The SMILES string of the molecule is CS(=O)(=O)C1CSCCN1Cc1cccc(N)n1. The topological polar surface area (TPSA) is 76.3 Å². The average Bonchev–Trinajstić information content (AvgIpc) is 2.28. The number of nitrogen functional groups attached to an aromatic ring is 1. The van der Waals surface area contributed by atoms with Crippen molar-refractivity contribution in [1.29, 1.82) is 0 Å². The lowest BCUT2D eigenvalue weighted by molar-refractivity contribution is 0.259. The van der Waals surface area contributed by atoms with Crippen LogP contribution >= 0.6 is 11.8 Å². The molecule has 2 heterocycles. The van der Waals surface area contributed by atoms with Crippen LogP contribution < -0.4 is 5.73 Å². The van der Waals surface area contributed by atoms with Crippen molar-refractivity contribution in [2.75, 3.05) is 30.0 Å². The molecule has 1 fully saturated rings. The summed E-state index contributed by atoms with van der Waals surface area (Å²) in [5.41, 5.74) is 6.45. The summed E-state index contributed by atoms with van der Waals surface area (Å²) in [6.07, 6.45) is 1.29. The van der Waals surface area contributed by atoms with Crippen LogP contribution in [0.2, 0.25) is 0 Å². The third-order valence-electron chi connectivity index (χ3n) is 2.88. The summed E-state index contributed by atoms with van der Waals surface area (Å²) in [5.74, 6) is 2.05. The van der Waals surface area contributed by atoms with Crippen LogP contribution in [0.1, 0.15) is 5.69 Å². The maximum Gasteiger partial charge on any atom is 0.164 e. The van der Waals surface area contributed by atoms with Gasteiger partial charge in [-0.1, -0.05) is 6.07 Å². The van der Waals surface area contributed by atoms with Crippen molar-refractivity contribution >= 4 is 27.4 Å². The number of rotatable bonds is 3. The molecule has 0 saturated carbocycles. The van der Waals surface area contributed by atoms with E-state index >= 15 is 0 Å². The lowest BCUT2D eigenvalue weighted by Crippen LogP contribution is -2.46. The van der Waals surface area contributed by atoms with Crippen molar-refractivity contribution < 1.29 is 8.42 Å². The summed E-state index contributed by atoms with van der Waals surface area (Å²) in [6.45, 7) is 1.29. The van der Waals surface area contributed by atoms with E-state index in [4.69, 9.17) is 5.73 Å². The molecule has 1 aromatic heterocycles. The van der Waals surface area contributed by atoms with Gasteiger partial charge < -0.3 is 5.73 Å². The maximum absolute atomic E-state index is 11.8. The highest BCUT2D eigenvalue weighted by molar-refractivity contribution is 8.00. The van der Waals surface area contributed by atoms with Crippen LogP contribution in [0.15, 0.2) is 18.2 Å². The molecule has 1 aliphatic heterocycles. The van der Waals surface area contributed by atoms with Gasteiger partial charge in [-0.15, -0.1) is 0 Å². The third kappa shape index (κ3) is 3.37. The van der Waals surface area contributed by atoms with E-state index < -0.39 is 15.2 Å². The number of anilines is 1. The lowest BCUT2D eigenvalue weighted by atomic mass is 10.3. The van der Waals surface area contributed by atoms with E-state index in [2.05, 4.69) is 4.98 Å². The van der Waals surface area contributed by atoms with Crippen LogP contribution in [-0.2, 0) is 16.4 Å². The first-order valence-corrected chi connectivity index (χ1v) is 8.80. The number of aromatic nitrogens is 1. The molecule has 0 aromatic carbocycles. The molecular formula is C11H17N3O2S2. The van der Waals surface area contributed by atoms with Gasteiger partial charge in [-0.2, -0.15) is 11.8 Å². The number of thioether (sulfide) groups is 1. The quantitative estimate of drug-likeness (QED) is 0.876. The van der Waals surface area contributed by atoms with Crippen molar-refractivity contribution in [3.8, 4) is 0 Å². The zero-order chi connectivity index (χ0) is 13.2. The van der Waals surface area contributed by atoms with Gasteiger partial charge in [-0.3, -0.25) is 4.90 Å². The average molecular weight is 287 g/mol. The van der Waals surface area contributed by atoms with Crippen molar-refractivity contribution in [1.82, 2.24) is 9.88 Å². The largest absolute Gasteiger partial charge is 0.384 e. The smallest absolute Gasteiger partial charge is 0.164 e. The summed E-state index contributed by atoms with van der Waals surface area (Å²) in [7, 11) is -3.06. The Hall–Kier alpha value is -0.790. The first-order chi connectivity index (χ1) is 8.47. The zero-order valence-corrected chi connectivity index (χ0v) is 11.9. The first kappa shape index (κ1) is 13.6. The van der Waals surface area contributed by atoms with E-state index in [1.54, 1.807) is 17.8 Å². The van der Waals surface area contributed by atoms with Crippen molar-refractivity contribution in [3.63, 3.8) is 0 Å². The van der Waals surface area contributed by atoms with Gasteiger partial charge >= 0.3 is 0 Å². The second kappa shape index (κ2) is 5.46. The molecule has 0 aliphatic carbocycles. The van der Waals surface area contributed by atoms with Gasteiger partial charge in [-0.25, -0.2) is 13.4 Å². The van der Waals surface area contributed by atoms with E-state index in [1.807, 2.05) is 17.0 Å². The number of pyridine rings is 1. The molecule has 0 bridgehead atoms. The monoisotopic (exact) mass is 287 g/mol. The van der Waals surface area contributed by atoms with Gasteiger partial charge in [-0.05, 0) is 12.1 Å². The van der Waals surface area contributed by atoms with Gasteiger partial charge in [0.2, 0.25) is 0 Å². The second-order valence-electron chi connectivity index (χ2n) is 4.38. The molecule has 0 radical (unpaired) electrons. The Labute approximate surface area is 112 Å². The standard InChI is InChI=1S/C11H17N3O2S2/c1-18(15,16)11-8-17-6-5-14(11)7-9-3-2-4-10(12)13-9/h2-4,11H,5-8H2,1H3,(H2,12,13). The number of hydrogen-bond acceptors (Lipinski definition) is 6. The van der Waals surface area contributed by atoms with Crippen molar-refractivity contribution in [2.24, 2.45) is 0 Å². The lowest BCUT2D eigenvalue weighted by Gasteiger charge is -2.33. The van der Waals surface area contributed by atoms with E-state index in [9.17, 15) is 8.42 Å². The molecule has 0 amide bonds. The molecular weight excluding hydrogens is 270 g/mol. The van der Waals surface area contributed by atoms with Crippen molar-refractivity contribution in [2.45, 2.75) is 11.9 Å². The predicted octanol–water partition coefficient (Wildman–Crippen LogP) is 0.583. The van der Waals surface area contributed by atoms with Gasteiger partial charge in [0.25, 0.3) is 0 Å². The number of nitrogens with zero attached hydrogens (tertiary/aromatic N) is 2. The fourth-order valence-corrected chi connectivity index (χ4v) is 4.93. The van der Waals surface area contributed by atoms with Crippen molar-refractivity contribution in [3.05, 3.63) is 23.9 Å². The van der Waals surface area contributed by atoms with E-state index in [-0.39, 0.29) is 0 Å². The third-order valence-corrected chi connectivity index (χ3v) is 5.57. The molecule has 0 spiro atoms. The van der Waals surface area contributed by atoms with E-state index in [0.29, 0.717) is 18.1 Å². The molecule has 1 aliphatic rings. The molecule has 1 saturated heterocycles. The second-order valence-corrected chi connectivity index (χ2v) is 7.74. The molecule has 2 N–H and O–H groups in total. The molecule has 2 rings (SSSR count). The molecule has 7 heteroatoms. The molecule has 1 unspecified atom stereocenters. The summed E-state index contributed by atoms with van der Waals surface area (Å²) < 4.78 is 23.5. The highest BCUT2D eigenvalue weighted by atomic mass is 32.2. The fourth-order valence-electron chi connectivity index (χ4n) is 1.98. The van der Waals surface area contributed by atoms with Gasteiger partial charge in [0.15, 0.2) is 9.84 Å². The minimum Gasteiger partial charge on any atom is -0.384 e. The normalized spacial score (nSPS) is 21.9. The molecule has 1 atom stereocenters. The molecule has 18 heavy (non-hydrogen) atoms.